The van der Waals surface area contributed by atoms with E-state index >= 15 is 0 Å². The number of nitrogens with zero attached hydrogens (tertiary/aromatic N) is 3. The van der Waals surface area contributed by atoms with Crippen LogP contribution >= 0.6 is 22.9 Å². The highest BCUT2D eigenvalue weighted by Gasteiger charge is 2.05. The van der Waals surface area contributed by atoms with Crippen LogP contribution in [-0.4, -0.2) is 21.5 Å². The number of benzene rings is 1. The third kappa shape index (κ3) is 3.37. The molecule has 2 aromatic heterocycles. The van der Waals surface area contributed by atoms with Gasteiger partial charge in [-0.25, -0.2) is 14.4 Å². The molecule has 0 aliphatic carbocycles. The summed E-state index contributed by atoms with van der Waals surface area (Å²) in [4.78, 5) is 12.2. The van der Waals surface area contributed by atoms with Crippen LogP contribution in [0.4, 0.5) is 16.2 Å². The standard InChI is InChI=1S/C13H11ClFN5S/c14-10-6-11(20-13(16)19-10)17-4-3-12-18-8-5-7(15)1-2-9(8)21-12/h1-2,5-6H,3-4H2,(H3,16,17,19,20). The fourth-order valence-electron chi connectivity index (χ4n) is 1.88. The van der Waals surface area contributed by atoms with Crippen molar-refractivity contribution < 1.29 is 4.39 Å². The lowest BCUT2D eigenvalue weighted by Crippen LogP contribution is -2.07. The van der Waals surface area contributed by atoms with Crippen molar-refractivity contribution in [2.75, 3.05) is 17.6 Å². The van der Waals surface area contributed by atoms with E-state index in [-0.39, 0.29) is 11.8 Å². The van der Waals surface area contributed by atoms with Crippen LogP contribution < -0.4 is 11.1 Å². The molecule has 0 aliphatic rings. The third-order valence-electron chi connectivity index (χ3n) is 2.75. The minimum Gasteiger partial charge on any atom is -0.369 e. The van der Waals surface area contributed by atoms with Gasteiger partial charge < -0.3 is 11.1 Å². The van der Waals surface area contributed by atoms with E-state index in [1.165, 1.54) is 12.1 Å². The number of aromatic nitrogens is 3. The van der Waals surface area contributed by atoms with Crippen molar-refractivity contribution in [3.8, 4) is 0 Å². The van der Waals surface area contributed by atoms with E-state index in [9.17, 15) is 4.39 Å². The van der Waals surface area contributed by atoms with Gasteiger partial charge in [0.25, 0.3) is 0 Å². The zero-order chi connectivity index (χ0) is 14.8. The van der Waals surface area contributed by atoms with Gasteiger partial charge >= 0.3 is 0 Å². The lowest BCUT2D eigenvalue weighted by Gasteiger charge is -2.04. The normalized spacial score (nSPS) is 11.0. The largest absolute Gasteiger partial charge is 0.369 e. The number of fused-ring (bicyclic) bond motifs is 1. The smallest absolute Gasteiger partial charge is 0.223 e. The van der Waals surface area contributed by atoms with Crippen LogP contribution in [0.15, 0.2) is 24.3 Å². The second kappa shape index (κ2) is 5.79. The van der Waals surface area contributed by atoms with Crippen molar-refractivity contribution in [3.63, 3.8) is 0 Å². The van der Waals surface area contributed by atoms with E-state index in [0.29, 0.717) is 29.5 Å². The molecule has 3 N–H and O–H groups in total. The third-order valence-corrected chi connectivity index (χ3v) is 4.04. The highest BCUT2D eigenvalue weighted by Crippen LogP contribution is 2.23. The Hall–Kier alpha value is -1.99. The SMILES string of the molecule is Nc1nc(Cl)cc(NCCc2nc3cc(F)ccc3s2)n1. The Morgan fingerprint density at radius 2 is 2.10 bits per heavy atom. The summed E-state index contributed by atoms with van der Waals surface area (Å²) in [6.45, 7) is 0.620. The molecule has 0 aliphatic heterocycles. The first-order valence-electron chi connectivity index (χ1n) is 6.19. The summed E-state index contributed by atoms with van der Waals surface area (Å²) in [5.41, 5.74) is 6.20. The summed E-state index contributed by atoms with van der Waals surface area (Å²) in [7, 11) is 0. The number of thiazole rings is 1. The molecular weight excluding hydrogens is 313 g/mol. The molecule has 108 valence electrons. The van der Waals surface area contributed by atoms with E-state index in [0.717, 1.165) is 9.71 Å². The monoisotopic (exact) mass is 323 g/mol. The first kappa shape index (κ1) is 14.0. The first-order chi connectivity index (χ1) is 10.1. The summed E-state index contributed by atoms with van der Waals surface area (Å²) < 4.78 is 14.1. The first-order valence-corrected chi connectivity index (χ1v) is 7.38. The van der Waals surface area contributed by atoms with Crippen molar-refractivity contribution in [1.82, 2.24) is 15.0 Å². The molecule has 0 bridgehead atoms. The lowest BCUT2D eigenvalue weighted by atomic mass is 10.3. The number of hydrogen-bond acceptors (Lipinski definition) is 6. The van der Waals surface area contributed by atoms with Gasteiger partial charge in [0, 0.05) is 25.1 Å². The summed E-state index contributed by atoms with van der Waals surface area (Å²) in [5.74, 6) is 0.420. The summed E-state index contributed by atoms with van der Waals surface area (Å²) in [6, 6.07) is 6.22. The highest BCUT2D eigenvalue weighted by molar-refractivity contribution is 7.18. The lowest BCUT2D eigenvalue weighted by molar-refractivity contribution is 0.629. The van der Waals surface area contributed by atoms with Crippen molar-refractivity contribution in [3.05, 3.63) is 40.2 Å². The van der Waals surface area contributed by atoms with Gasteiger partial charge in [-0.05, 0) is 12.1 Å². The fraction of sp³-hybridized carbons (Fsp3) is 0.154. The predicted octanol–water partition coefficient (Wildman–Crippen LogP) is 3.12. The number of halogens is 2. The molecule has 0 fully saturated rings. The van der Waals surface area contributed by atoms with Gasteiger partial charge in [-0.1, -0.05) is 11.6 Å². The Morgan fingerprint density at radius 1 is 1.24 bits per heavy atom. The van der Waals surface area contributed by atoms with Gasteiger partial charge in [-0.15, -0.1) is 11.3 Å². The topological polar surface area (TPSA) is 76.7 Å². The zero-order valence-electron chi connectivity index (χ0n) is 10.8. The van der Waals surface area contributed by atoms with E-state index in [1.807, 2.05) is 0 Å². The summed E-state index contributed by atoms with van der Waals surface area (Å²) >= 11 is 7.34. The highest BCUT2D eigenvalue weighted by atomic mass is 35.5. The predicted molar refractivity (Wildman–Crippen MR) is 83.2 cm³/mol. The number of nitrogens with two attached hydrogens (primary N) is 1. The van der Waals surface area contributed by atoms with Gasteiger partial charge in [0.2, 0.25) is 5.95 Å². The van der Waals surface area contributed by atoms with Gasteiger partial charge in [0.05, 0.1) is 15.2 Å². The van der Waals surface area contributed by atoms with E-state index in [1.54, 1.807) is 23.5 Å². The molecule has 0 saturated heterocycles. The number of hydrogen-bond donors (Lipinski definition) is 2. The maximum absolute atomic E-state index is 13.1. The van der Waals surface area contributed by atoms with Crippen LogP contribution in [0.1, 0.15) is 5.01 Å². The molecule has 0 saturated carbocycles. The zero-order valence-corrected chi connectivity index (χ0v) is 12.4. The van der Waals surface area contributed by atoms with Crippen molar-refractivity contribution >= 4 is 44.9 Å². The molecule has 0 spiro atoms. The number of anilines is 2. The minimum atomic E-state index is -0.274. The molecule has 0 amide bonds. The Labute approximate surface area is 129 Å². The Bertz CT molecular complexity index is 771. The average molecular weight is 324 g/mol. The molecule has 3 rings (SSSR count). The van der Waals surface area contributed by atoms with E-state index in [4.69, 9.17) is 17.3 Å². The summed E-state index contributed by atoms with van der Waals surface area (Å²) in [5, 5.41) is 4.33. The maximum Gasteiger partial charge on any atom is 0.223 e. The average Bonchev–Trinajstić information content (AvgIpc) is 2.79. The van der Waals surface area contributed by atoms with Crippen molar-refractivity contribution in [1.29, 1.82) is 0 Å². The van der Waals surface area contributed by atoms with E-state index in [2.05, 4.69) is 20.3 Å². The number of nitrogen functional groups attached to an aromatic ring is 1. The molecular formula is C13H11ClFN5S. The quantitative estimate of drug-likeness (QED) is 0.721. The van der Waals surface area contributed by atoms with Crippen LogP contribution in [0.5, 0.6) is 0 Å². The molecule has 0 radical (unpaired) electrons. The van der Waals surface area contributed by atoms with Gasteiger partial charge in [-0.3, -0.25) is 0 Å². The van der Waals surface area contributed by atoms with Crippen LogP contribution in [-0.2, 0) is 6.42 Å². The van der Waals surface area contributed by atoms with Gasteiger partial charge in [0.15, 0.2) is 0 Å². The van der Waals surface area contributed by atoms with Gasteiger partial charge in [0.1, 0.15) is 16.8 Å². The molecule has 5 nitrogen and oxygen atoms in total. The second-order valence-corrected chi connectivity index (χ2v) is 5.83. The van der Waals surface area contributed by atoms with Crippen LogP contribution in [0, 0.1) is 5.82 Å². The molecule has 0 atom stereocenters. The fourth-order valence-corrected chi connectivity index (χ4v) is 3.02. The van der Waals surface area contributed by atoms with Gasteiger partial charge in [-0.2, -0.15) is 4.98 Å². The van der Waals surface area contributed by atoms with Crippen LogP contribution in [0.2, 0.25) is 5.15 Å². The Balaban J connectivity index is 1.66. The number of nitrogens with one attached hydrogen (secondary N) is 1. The van der Waals surface area contributed by atoms with E-state index < -0.39 is 0 Å². The molecule has 21 heavy (non-hydrogen) atoms. The molecule has 3 aromatic rings. The Kier molecular flexibility index (Phi) is 3.85. The number of rotatable bonds is 4. The molecule has 0 unspecified atom stereocenters. The van der Waals surface area contributed by atoms with Crippen LogP contribution in [0.3, 0.4) is 0 Å². The molecule has 2 heterocycles. The summed E-state index contributed by atoms with van der Waals surface area (Å²) in [6.07, 6.45) is 0.697. The molecule has 1 aromatic carbocycles. The van der Waals surface area contributed by atoms with Crippen molar-refractivity contribution in [2.45, 2.75) is 6.42 Å². The van der Waals surface area contributed by atoms with Crippen molar-refractivity contribution in [2.24, 2.45) is 0 Å². The van der Waals surface area contributed by atoms with Crippen LogP contribution in [0.25, 0.3) is 10.2 Å². The maximum atomic E-state index is 13.1. The molecule has 8 heteroatoms. The minimum absolute atomic E-state index is 0.125. The second-order valence-electron chi connectivity index (χ2n) is 4.33. The Morgan fingerprint density at radius 3 is 2.90 bits per heavy atom.